The molecular weight excluding hydrogens is 262 g/mol. The molecule has 0 radical (unpaired) electrons. The van der Waals surface area contributed by atoms with Crippen molar-refractivity contribution in [3.8, 4) is 0 Å². The van der Waals surface area contributed by atoms with E-state index in [4.69, 9.17) is 5.11 Å². The Morgan fingerprint density at radius 3 is 2.20 bits per heavy atom. The van der Waals surface area contributed by atoms with Gasteiger partial charge in [0, 0.05) is 18.4 Å². The van der Waals surface area contributed by atoms with Crippen molar-refractivity contribution in [3.63, 3.8) is 0 Å². The fraction of sp³-hybridized carbons (Fsp3) is 0.562. The van der Waals surface area contributed by atoms with Crippen molar-refractivity contribution in [1.29, 1.82) is 0 Å². The van der Waals surface area contributed by atoms with Crippen LogP contribution in [0.1, 0.15) is 44.7 Å². The van der Waals surface area contributed by atoms with E-state index in [2.05, 4.69) is 13.8 Å². The zero-order chi connectivity index (χ0) is 15.3. The number of alkyl halides is 2. The summed E-state index contributed by atoms with van der Waals surface area (Å²) >= 11 is 0. The molecule has 20 heavy (non-hydrogen) atoms. The first-order valence-electron chi connectivity index (χ1n) is 6.89. The van der Waals surface area contributed by atoms with Crippen molar-refractivity contribution in [3.05, 3.63) is 35.4 Å². The predicted octanol–water partition coefficient (Wildman–Crippen LogP) is 4.48. The van der Waals surface area contributed by atoms with E-state index in [1.807, 2.05) is 0 Å². The van der Waals surface area contributed by atoms with Gasteiger partial charge < -0.3 is 5.11 Å². The number of benzene rings is 1. The summed E-state index contributed by atoms with van der Waals surface area (Å²) in [5, 5.41) is 8.63. The second kappa shape index (κ2) is 6.82. The molecule has 0 spiro atoms. The number of hydrogen-bond acceptors (Lipinski definition) is 1. The van der Waals surface area contributed by atoms with Crippen LogP contribution in [0.25, 0.3) is 0 Å². The maximum Gasteiger partial charge on any atom is 0.303 e. The second-order valence-electron chi connectivity index (χ2n) is 5.91. The van der Waals surface area contributed by atoms with Gasteiger partial charge in [0.15, 0.2) is 0 Å². The summed E-state index contributed by atoms with van der Waals surface area (Å²) in [6, 6.07) is 6.35. The van der Waals surface area contributed by atoms with Gasteiger partial charge in [0.1, 0.15) is 0 Å². The lowest BCUT2D eigenvalue weighted by atomic mass is 9.93. The van der Waals surface area contributed by atoms with Gasteiger partial charge in [-0.3, -0.25) is 4.79 Å². The normalized spacial score (nSPS) is 13.5. The molecule has 1 N–H and O–H groups in total. The number of halogens is 2. The average Bonchev–Trinajstić information content (AvgIpc) is 2.26. The van der Waals surface area contributed by atoms with E-state index >= 15 is 0 Å². The molecule has 112 valence electrons. The van der Waals surface area contributed by atoms with Crippen molar-refractivity contribution in [2.45, 2.75) is 46.0 Å². The van der Waals surface area contributed by atoms with Crippen LogP contribution >= 0.6 is 0 Å². The molecule has 2 nitrogen and oxygen atoms in total. The number of carbonyl (C=O) groups is 1. The summed E-state index contributed by atoms with van der Waals surface area (Å²) in [6.07, 6.45) is 0.186. The Hall–Kier alpha value is -1.45. The first-order chi connectivity index (χ1) is 9.20. The standard InChI is InChI=1S/C16H22F2O2/c1-11(2)8-13-4-6-14(7-5-13)16(17,18)10-12(3)9-15(19)20/h4-7,11-12H,8-10H2,1-3H3,(H,19,20). The van der Waals surface area contributed by atoms with Crippen LogP contribution in [0.15, 0.2) is 24.3 Å². The van der Waals surface area contributed by atoms with Gasteiger partial charge in [-0.2, -0.15) is 0 Å². The van der Waals surface area contributed by atoms with Crippen molar-refractivity contribution in [2.75, 3.05) is 0 Å². The highest BCUT2D eigenvalue weighted by atomic mass is 19.3. The van der Waals surface area contributed by atoms with Gasteiger partial charge in [0.2, 0.25) is 0 Å². The number of carboxylic acid groups (broad SMARTS) is 1. The third-order valence-corrected chi connectivity index (χ3v) is 3.15. The van der Waals surface area contributed by atoms with Crippen molar-refractivity contribution in [1.82, 2.24) is 0 Å². The minimum atomic E-state index is -2.98. The molecule has 1 atom stereocenters. The quantitative estimate of drug-likeness (QED) is 0.801. The molecule has 0 bridgehead atoms. The lowest BCUT2D eigenvalue weighted by molar-refractivity contribution is -0.138. The van der Waals surface area contributed by atoms with Crippen LogP contribution in [0.3, 0.4) is 0 Å². The smallest absolute Gasteiger partial charge is 0.303 e. The lowest BCUT2D eigenvalue weighted by Crippen LogP contribution is -2.19. The highest BCUT2D eigenvalue weighted by molar-refractivity contribution is 5.66. The van der Waals surface area contributed by atoms with E-state index < -0.39 is 24.2 Å². The Kier molecular flexibility index (Phi) is 5.66. The zero-order valence-electron chi connectivity index (χ0n) is 12.2. The largest absolute Gasteiger partial charge is 0.481 e. The molecule has 1 unspecified atom stereocenters. The number of rotatable bonds is 7. The van der Waals surface area contributed by atoms with Gasteiger partial charge in [0.05, 0.1) is 0 Å². The Morgan fingerprint density at radius 2 is 1.75 bits per heavy atom. The van der Waals surface area contributed by atoms with Gasteiger partial charge in [-0.15, -0.1) is 0 Å². The summed E-state index contributed by atoms with van der Waals surface area (Å²) in [7, 11) is 0. The summed E-state index contributed by atoms with van der Waals surface area (Å²) in [4.78, 5) is 10.5. The van der Waals surface area contributed by atoms with Gasteiger partial charge >= 0.3 is 5.97 Å². The fourth-order valence-corrected chi connectivity index (χ4v) is 2.28. The number of aliphatic carboxylic acids is 1. The molecule has 0 fully saturated rings. The van der Waals surface area contributed by atoms with Crippen LogP contribution in [0.2, 0.25) is 0 Å². The molecule has 1 aromatic rings. The first-order valence-corrected chi connectivity index (χ1v) is 6.89. The van der Waals surface area contributed by atoms with E-state index in [1.54, 1.807) is 12.1 Å². The van der Waals surface area contributed by atoms with Crippen molar-refractivity contribution >= 4 is 5.97 Å². The fourth-order valence-electron chi connectivity index (χ4n) is 2.28. The molecule has 4 heteroatoms. The van der Waals surface area contributed by atoms with Gasteiger partial charge in [0.25, 0.3) is 5.92 Å². The maximum absolute atomic E-state index is 14.1. The van der Waals surface area contributed by atoms with Crippen LogP contribution in [0.5, 0.6) is 0 Å². The minimum Gasteiger partial charge on any atom is -0.481 e. The lowest BCUT2D eigenvalue weighted by Gasteiger charge is -2.20. The topological polar surface area (TPSA) is 37.3 Å². The molecule has 0 amide bonds. The highest BCUT2D eigenvalue weighted by Gasteiger charge is 2.33. The second-order valence-corrected chi connectivity index (χ2v) is 5.91. The Bertz CT molecular complexity index is 438. The molecule has 0 saturated heterocycles. The highest BCUT2D eigenvalue weighted by Crippen LogP contribution is 2.35. The molecule has 1 aromatic carbocycles. The van der Waals surface area contributed by atoms with Gasteiger partial charge in [-0.1, -0.05) is 45.0 Å². The monoisotopic (exact) mass is 284 g/mol. The third-order valence-electron chi connectivity index (χ3n) is 3.15. The van der Waals surface area contributed by atoms with Crippen LogP contribution in [0.4, 0.5) is 8.78 Å². The summed E-state index contributed by atoms with van der Waals surface area (Å²) in [5.41, 5.74) is 1.00. The van der Waals surface area contributed by atoms with Crippen LogP contribution in [-0.4, -0.2) is 11.1 Å². The molecule has 0 saturated carbocycles. The SMILES string of the molecule is CC(C)Cc1ccc(C(F)(F)CC(C)CC(=O)O)cc1. The molecule has 0 aromatic heterocycles. The van der Waals surface area contributed by atoms with Crippen LogP contribution in [-0.2, 0) is 17.1 Å². The van der Waals surface area contributed by atoms with Gasteiger partial charge in [-0.05, 0) is 23.8 Å². The van der Waals surface area contributed by atoms with Crippen molar-refractivity contribution < 1.29 is 18.7 Å². The number of carboxylic acids is 1. The predicted molar refractivity (Wildman–Crippen MR) is 74.9 cm³/mol. The molecule has 0 aliphatic heterocycles. The molecule has 0 aliphatic carbocycles. The summed E-state index contributed by atoms with van der Waals surface area (Å²) < 4.78 is 28.1. The van der Waals surface area contributed by atoms with E-state index in [1.165, 1.54) is 19.1 Å². The van der Waals surface area contributed by atoms with Crippen LogP contribution in [0, 0.1) is 11.8 Å². The Labute approximate surface area is 118 Å². The molecular formula is C16H22F2O2. The zero-order valence-corrected chi connectivity index (χ0v) is 12.2. The Balaban J connectivity index is 2.74. The molecule has 1 rings (SSSR count). The minimum absolute atomic E-state index is 0.0396. The van der Waals surface area contributed by atoms with Gasteiger partial charge in [-0.25, -0.2) is 8.78 Å². The van der Waals surface area contributed by atoms with E-state index in [-0.39, 0.29) is 12.0 Å². The third kappa shape index (κ3) is 5.27. The summed E-state index contributed by atoms with van der Waals surface area (Å²) in [5.74, 6) is -4.10. The number of hydrogen-bond donors (Lipinski definition) is 1. The summed E-state index contributed by atoms with van der Waals surface area (Å²) in [6.45, 7) is 5.70. The van der Waals surface area contributed by atoms with E-state index in [0.29, 0.717) is 5.92 Å². The first kappa shape index (κ1) is 16.6. The average molecular weight is 284 g/mol. The maximum atomic E-state index is 14.1. The molecule has 0 heterocycles. The Morgan fingerprint density at radius 1 is 1.20 bits per heavy atom. The van der Waals surface area contributed by atoms with E-state index in [9.17, 15) is 13.6 Å². The van der Waals surface area contributed by atoms with Crippen molar-refractivity contribution in [2.24, 2.45) is 11.8 Å². The molecule has 0 aliphatic rings. The van der Waals surface area contributed by atoms with Crippen LogP contribution < -0.4 is 0 Å². The van der Waals surface area contributed by atoms with E-state index in [0.717, 1.165) is 12.0 Å².